The Kier molecular flexibility index (Phi) is 0.620. The first-order chi connectivity index (χ1) is 10.4. The van der Waals surface area contributed by atoms with Crippen LogP contribution in [-0.2, 0) is 17.9 Å². The van der Waals surface area contributed by atoms with Crippen LogP contribution < -0.4 is 0 Å². The number of ether oxygens (including phenoxy) is 1. The Morgan fingerprint density at radius 1 is 1.29 bits per heavy atom. The van der Waals surface area contributed by atoms with Gasteiger partial charge in [0.25, 0.3) is 0 Å². The van der Waals surface area contributed by atoms with Crippen LogP contribution in [0, 0.1) is 6.92 Å². The van der Waals surface area contributed by atoms with Gasteiger partial charge in [-0.1, -0.05) is 30.2 Å². The van der Waals surface area contributed by atoms with Crippen molar-refractivity contribution in [3.63, 3.8) is 0 Å². The lowest BCUT2D eigenvalue weighted by atomic mass is 9.95. The molecule has 0 saturated carbocycles. The Morgan fingerprint density at radius 3 is 3.14 bits per heavy atom. The highest BCUT2D eigenvalue weighted by Gasteiger charge is 2.13. The fourth-order valence-corrected chi connectivity index (χ4v) is 1.49. The molecule has 0 unspecified atom stereocenters. The van der Waals surface area contributed by atoms with Gasteiger partial charge in [0.05, 0.1) is 25.5 Å². The third kappa shape index (κ3) is 0.992. The van der Waals surface area contributed by atoms with Crippen LogP contribution in [0.25, 0.3) is 10.8 Å². The Hall–Kier alpha value is -1.34. The van der Waals surface area contributed by atoms with Crippen molar-refractivity contribution in [1.29, 1.82) is 0 Å². The van der Waals surface area contributed by atoms with Gasteiger partial charge < -0.3 is 4.74 Å². The van der Waals surface area contributed by atoms with Crippen LogP contribution >= 0.6 is 0 Å². The van der Waals surface area contributed by atoms with Crippen molar-refractivity contribution in [2.75, 3.05) is 0 Å². The van der Waals surface area contributed by atoms with E-state index in [4.69, 9.17) is 17.1 Å². The summed E-state index contributed by atoms with van der Waals surface area (Å²) in [5, 5.41) is -0.293. The van der Waals surface area contributed by atoms with E-state index < -0.39 is 31.2 Å². The lowest BCUT2D eigenvalue weighted by Gasteiger charge is -2.19. The summed E-state index contributed by atoms with van der Waals surface area (Å²) in [5.41, 5.74) is -0.420. The van der Waals surface area contributed by atoms with Crippen LogP contribution in [0.2, 0.25) is 0 Å². The van der Waals surface area contributed by atoms with Crippen LogP contribution in [0.15, 0.2) is 30.2 Å². The molecule has 1 heterocycles. The Balaban J connectivity index is 2.76. The molecule has 14 heavy (non-hydrogen) atoms. The van der Waals surface area contributed by atoms with Gasteiger partial charge >= 0.3 is 0 Å². The summed E-state index contributed by atoms with van der Waals surface area (Å²) in [6, 6.07) is -2.32. The van der Waals surface area contributed by atoms with Crippen LogP contribution in [-0.4, -0.2) is 0 Å². The molecule has 2 aromatic carbocycles. The van der Waals surface area contributed by atoms with E-state index >= 15 is 0 Å². The Bertz CT molecular complexity index is 806. The summed E-state index contributed by atoms with van der Waals surface area (Å²) in [5.74, 6) is 0. The molecule has 70 valence electrons. The predicted octanol–water partition coefficient (Wildman–Crippen LogP) is 3.18. The van der Waals surface area contributed by atoms with Crippen molar-refractivity contribution in [3.8, 4) is 0 Å². The summed E-state index contributed by atoms with van der Waals surface area (Å²) in [7, 11) is 0. The van der Waals surface area contributed by atoms with E-state index in [0.29, 0.717) is 0 Å². The predicted molar refractivity (Wildman–Crippen MR) is 57.2 cm³/mol. The zero-order chi connectivity index (χ0) is 17.5. The average molecular weight is 193 g/mol. The fraction of sp³-hybridized carbons (Fsp3) is 0.231. The maximum absolute atomic E-state index is 8.05. The van der Waals surface area contributed by atoms with E-state index in [1.807, 2.05) is 0 Å². The van der Waals surface area contributed by atoms with Gasteiger partial charge in [-0.05, 0) is 34.4 Å². The topological polar surface area (TPSA) is 9.23 Å². The van der Waals surface area contributed by atoms with Crippen molar-refractivity contribution in [2.45, 2.75) is 20.0 Å². The lowest BCUT2D eigenvalue weighted by molar-refractivity contribution is 0.103. The minimum absolute atomic E-state index is 0.0979. The molecule has 0 aromatic heterocycles. The van der Waals surface area contributed by atoms with Crippen molar-refractivity contribution in [1.82, 2.24) is 0 Å². The van der Waals surface area contributed by atoms with Crippen LogP contribution in [0.4, 0.5) is 0 Å². The number of rotatable bonds is 0. The quantitative estimate of drug-likeness (QED) is 0.624. The summed E-state index contributed by atoms with van der Waals surface area (Å²) in [6.07, 6.45) is 0. The normalized spacial score (nSPS) is 31.1. The first kappa shape index (κ1) is 3.07. The van der Waals surface area contributed by atoms with Crippen molar-refractivity contribution < 1.29 is 17.1 Å². The molecule has 1 heteroatoms. The summed E-state index contributed by atoms with van der Waals surface area (Å²) < 4.78 is 76.5. The van der Waals surface area contributed by atoms with E-state index in [2.05, 4.69) is 0 Å². The third-order valence-corrected chi connectivity index (χ3v) is 2.18. The standard InChI is InChI=1S/C13H12O/c1-9-5-6-10-3-2-4-11-7-14-8-12(9)13(10)11/h2-6H,7-8H2,1H3/i2D,3D,4D,5D,6D,7D2,8D2. The number of hydrogen-bond donors (Lipinski definition) is 0. The van der Waals surface area contributed by atoms with Gasteiger partial charge in [0, 0.05) is 0 Å². The van der Waals surface area contributed by atoms with Crippen molar-refractivity contribution in [3.05, 3.63) is 46.9 Å². The molecule has 0 N–H and O–H groups in total. The highest BCUT2D eigenvalue weighted by Crippen LogP contribution is 2.30. The second-order valence-electron chi connectivity index (χ2n) is 3.06. The molecule has 0 aliphatic carbocycles. The maximum Gasteiger partial charge on any atom is 0.0730 e. The maximum atomic E-state index is 8.05. The van der Waals surface area contributed by atoms with Crippen molar-refractivity contribution in [2.24, 2.45) is 0 Å². The molecule has 0 radical (unpaired) electrons. The van der Waals surface area contributed by atoms with E-state index in [-0.39, 0.29) is 39.5 Å². The van der Waals surface area contributed by atoms with Crippen LogP contribution in [0.5, 0.6) is 0 Å². The molecule has 1 nitrogen and oxygen atoms in total. The molecule has 2 aromatic rings. The van der Waals surface area contributed by atoms with E-state index in [1.54, 1.807) is 0 Å². The molecule has 1 aliphatic heterocycles. The fourth-order valence-electron chi connectivity index (χ4n) is 1.49. The van der Waals surface area contributed by atoms with E-state index in [1.165, 1.54) is 6.92 Å². The van der Waals surface area contributed by atoms with Gasteiger partial charge in [-0.2, -0.15) is 0 Å². The Labute approximate surface area is 96.0 Å². The van der Waals surface area contributed by atoms with Gasteiger partial charge in [0.2, 0.25) is 0 Å². The zero-order valence-electron chi connectivity index (χ0n) is 16.4. The summed E-state index contributed by atoms with van der Waals surface area (Å²) in [6.45, 7) is -3.84. The first-order valence-electron chi connectivity index (χ1n) is 8.66. The largest absolute Gasteiger partial charge is 0.372 e. The molecule has 0 saturated heterocycles. The minimum Gasteiger partial charge on any atom is -0.372 e. The van der Waals surface area contributed by atoms with Gasteiger partial charge in [-0.15, -0.1) is 0 Å². The second kappa shape index (κ2) is 2.82. The SMILES string of the molecule is [2H]c1c([2H])c2c3c(c(C)c([2H])c([2H])c3c1[2H])C([2H])([2H])OC2([2H])[2H]. The Morgan fingerprint density at radius 2 is 2.21 bits per heavy atom. The molecular weight excluding hydrogens is 172 g/mol. The lowest BCUT2D eigenvalue weighted by Crippen LogP contribution is -2.05. The molecular formula is C13H12O. The van der Waals surface area contributed by atoms with Crippen LogP contribution in [0.3, 0.4) is 0 Å². The first-order valence-corrected chi connectivity index (χ1v) is 4.16. The van der Waals surface area contributed by atoms with Crippen LogP contribution in [0.1, 0.15) is 29.0 Å². The second-order valence-corrected chi connectivity index (χ2v) is 3.06. The van der Waals surface area contributed by atoms with E-state index in [9.17, 15) is 0 Å². The smallest absolute Gasteiger partial charge is 0.0730 e. The average Bonchev–Trinajstić information content (AvgIpc) is 2.39. The molecule has 0 fully saturated rings. The molecule has 3 rings (SSSR count). The highest BCUT2D eigenvalue weighted by atomic mass is 16.5. The monoisotopic (exact) mass is 193 g/mol. The summed E-state index contributed by atoms with van der Waals surface area (Å²) >= 11 is 0. The minimum atomic E-state index is -2.68. The molecule has 0 spiro atoms. The van der Waals surface area contributed by atoms with E-state index in [0.717, 1.165) is 0 Å². The third-order valence-electron chi connectivity index (χ3n) is 2.18. The number of hydrogen-bond acceptors (Lipinski definition) is 1. The number of benzene rings is 2. The van der Waals surface area contributed by atoms with Gasteiger partial charge in [0.15, 0.2) is 0 Å². The molecule has 0 atom stereocenters. The van der Waals surface area contributed by atoms with Gasteiger partial charge in [-0.25, -0.2) is 0 Å². The molecule has 0 amide bonds. The van der Waals surface area contributed by atoms with Gasteiger partial charge in [-0.3, -0.25) is 0 Å². The molecule has 1 aliphatic rings. The zero-order valence-corrected chi connectivity index (χ0v) is 7.41. The summed E-state index contributed by atoms with van der Waals surface area (Å²) in [4.78, 5) is 0. The highest BCUT2D eigenvalue weighted by molar-refractivity contribution is 5.90. The van der Waals surface area contributed by atoms with Gasteiger partial charge in [0.1, 0.15) is 0 Å². The van der Waals surface area contributed by atoms with Crippen molar-refractivity contribution >= 4 is 10.8 Å². The molecule has 0 bridgehead atoms.